The average Bonchev–Trinajstić information content (AvgIpc) is 3.77. The SMILES string of the molecule is C=C/C=C(\C=C\N(/C(C)=C(/C=C\C)\C=C\c1c(C=C)oc2c1ccc1ccccc12)c1cccc2c1sc1ccccc12)c1cccc2ccccc12. The molecule has 0 saturated heterocycles. The number of hydrogen-bond donors (Lipinski definition) is 0. The van der Waals surface area contributed by atoms with E-state index in [1.54, 1.807) is 6.08 Å². The van der Waals surface area contributed by atoms with Crippen LogP contribution in [0.1, 0.15) is 30.7 Å². The second-order valence-corrected chi connectivity index (χ2v) is 14.0. The van der Waals surface area contributed by atoms with Crippen LogP contribution in [0.2, 0.25) is 0 Å². The Labute approximate surface area is 314 Å². The molecule has 0 aliphatic heterocycles. The zero-order chi connectivity index (χ0) is 36.3. The van der Waals surface area contributed by atoms with Gasteiger partial charge in [-0.1, -0.05) is 147 Å². The molecule has 2 aromatic heterocycles. The van der Waals surface area contributed by atoms with Crippen molar-refractivity contribution in [3.8, 4) is 0 Å². The van der Waals surface area contributed by atoms with Gasteiger partial charge in [-0.3, -0.25) is 0 Å². The minimum Gasteiger partial charge on any atom is -0.455 e. The number of benzene rings is 6. The van der Waals surface area contributed by atoms with E-state index < -0.39 is 0 Å². The van der Waals surface area contributed by atoms with Crippen LogP contribution in [0.15, 0.2) is 193 Å². The molecule has 3 heteroatoms. The van der Waals surface area contributed by atoms with Crippen LogP contribution in [-0.4, -0.2) is 0 Å². The van der Waals surface area contributed by atoms with E-state index in [2.05, 4.69) is 196 Å². The average molecular weight is 702 g/mol. The molecule has 8 aromatic rings. The van der Waals surface area contributed by atoms with E-state index in [-0.39, 0.29) is 0 Å². The fourth-order valence-electron chi connectivity index (χ4n) is 7.26. The maximum atomic E-state index is 6.43. The molecule has 2 heterocycles. The first-order valence-corrected chi connectivity index (χ1v) is 18.7. The van der Waals surface area contributed by atoms with Crippen LogP contribution >= 0.6 is 11.3 Å². The van der Waals surface area contributed by atoms with Crippen molar-refractivity contribution in [2.24, 2.45) is 0 Å². The van der Waals surface area contributed by atoms with Crippen molar-refractivity contribution in [2.75, 3.05) is 4.90 Å². The predicted molar refractivity (Wildman–Crippen MR) is 233 cm³/mol. The lowest BCUT2D eigenvalue weighted by Gasteiger charge is -2.24. The fraction of sp³-hybridized carbons (Fsp3) is 0.0400. The molecule has 0 aliphatic rings. The van der Waals surface area contributed by atoms with Crippen molar-refractivity contribution < 1.29 is 4.42 Å². The first kappa shape index (κ1) is 33.7. The maximum Gasteiger partial charge on any atom is 0.143 e. The smallest absolute Gasteiger partial charge is 0.143 e. The normalized spacial score (nSPS) is 13.1. The molecule has 53 heavy (non-hydrogen) atoms. The van der Waals surface area contributed by atoms with Crippen molar-refractivity contribution in [1.82, 2.24) is 0 Å². The summed E-state index contributed by atoms with van der Waals surface area (Å²) >= 11 is 1.83. The number of rotatable bonds is 10. The molecule has 256 valence electrons. The van der Waals surface area contributed by atoms with Gasteiger partial charge in [0, 0.05) is 43.7 Å². The monoisotopic (exact) mass is 701 g/mol. The number of hydrogen-bond acceptors (Lipinski definition) is 3. The van der Waals surface area contributed by atoms with Crippen LogP contribution in [0.4, 0.5) is 5.69 Å². The molecule has 8 rings (SSSR count). The summed E-state index contributed by atoms with van der Waals surface area (Å²) in [6.45, 7) is 12.4. The standard InChI is InChI=1S/C50H39NOS/c1-5-16-35(28-30-42-44-31-29-38-19-9-11-22-41(38)49(44)52-47(42)7-3)34(4)51(46-26-15-25-45-43-23-12-13-27-48(43)53-50(45)46)33-32-36(17-6-2)40-24-14-20-37-18-8-10-21-39(37)40/h5-33H,2-3H2,1,4H3/b16-5-,30-28+,33-32+,35-34-,36-17+. The molecule has 0 unspecified atom stereocenters. The number of anilines is 1. The van der Waals surface area contributed by atoms with Gasteiger partial charge in [0.1, 0.15) is 11.3 Å². The maximum absolute atomic E-state index is 6.43. The zero-order valence-electron chi connectivity index (χ0n) is 29.9. The van der Waals surface area contributed by atoms with Crippen LogP contribution in [0.3, 0.4) is 0 Å². The largest absolute Gasteiger partial charge is 0.455 e. The molecule has 0 radical (unpaired) electrons. The van der Waals surface area contributed by atoms with Gasteiger partial charge >= 0.3 is 0 Å². The Morgan fingerprint density at radius 1 is 0.679 bits per heavy atom. The second-order valence-electron chi connectivity index (χ2n) is 12.9. The van der Waals surface area contributed by atoms with Crippen molar-refractivity contribution in [3.63, 3.8) is 0 Å². The Balaban J connectivity index is 1.31. The third-order valence-electron chi connectivity index (χ3n) is 9.83. The van der Waals surface area contributed by atoms with E-state index in [1.165, 1.54) is 30.9 Å². The molecule has 0 fully saturated rings. The molecule has 2 nitrogen and oxygen atoms in total. The van der Waals surface area contributed by atoms with E-state index in [0.29, 0.717) is 0 Å². The van der Waals surface area contributed by atoms with E-state index in [0.717, 1.165) is 61.2 Å². The van der Waals surface area contributed by atoms with Crippen molar-refractivity contribution >= 4 is 87.4 Å². The molecular weight excluding hydrogens is 663 g/mol. The zero-order valence-corrected chi connectivity index (χ0v) is 30.7. The third-order valence-corrected chi connectivity index (χ3v) is 11.0. The third kappa shape index (κ3) is 6.26. The van der Waals surface area contributed by atoms with Crippen LogP contribution < -0.4 is 4.90 Å². The molecular formula is C50H39NOS. The van der Waals surface area contributed by atoms with Gasteiger partial charge in [0.2, 0.25) is 0 Å². The number of thiophene rings is 1. The molecule has 0 bridgehead atoms. The van der Waals surface area contributed by atoms with E-state index in [1.807, 2.05) is 17.4 Å². The summed E-state index contributed by atoms with van der Waals surface area (Å²) in [4.78, 5) is 2.33. The highest BCUT2D eigenvalue weighted by molar-refractivity contribution is 7.26. The Morgan fingerprint density at radius 2 is 1.38 bits per heavy atom. The van der Waals surface area contributed by atoms with Crippen LogP contribution in [-0.2, 0) is 0 Å². The summed E-state index contributed by atoms with van der Waals surface area (Å²) in [5.41, 5.74) is 7.39. The van der Waals surface area contributed by atoms with E-state index >= 15 is 0 Å². The number of furan rings is 1. The van der Waals surface area contributed by atoms with E-state index in [4.69, 9.17) is 4.42 Å². The van der Waals surface area contributed by atoms with E-state index in [9.17, 15) is 0 Å². The van der Waals surface area contributed by atoms with Gasteiger partial charge in [0.05, 0.1) is 10.4 Å². The minimum absolute atomic E-state index is 0.756. The van der Waals surface area contributed by atoms with Crippen molar-refractivity contribution in [2.45, 2.75) is 13.8 Å². The van der Waals surface area contributed by atoms with Crippen LogP contribution in [0.5, 0.6) is 0 Å². The molecule has 0 atom stereocenters. The van der Waals surface area contributed by atoms with Gasteiger partial charge in [-0.15, -0.1) is 11.3 Å². The Bertz CT molecular complexity index is 2850. The van der Waals surface area contributed by atoms with Gasteiger partial charge in [-0.05, 0) is 83.1 Å². The summed E-state index contributed by atoms with van der Waals surface area (Å²) < 4.78 is 8.94. The molecule has 0 amide bonds. The molecule has 0 aliphatic carbocycles. The quantitative estimate of drug-likeness (QED) is 0.132. The highest BCUT2D eigenvalue weighted by Crippen LogP contribution is 2.41. The summed E-state index contributed by atoms with van der Waals surface area (Å²) in [5.74, 6) is 0.756. The van der Waals surface area contributed by atoms with Gasteiger partial charge in [-0.25, -0.2) is 0 Å². The summed E-state index contributed by atoms with van der Waals surface area (Å²) in [6, 6.07) is 42.9. The topological polar surface area (TPSA) is 16.4 Å². The Kier molecular flexibility index (Phi) is 9.33. The summed E-state index contributed by atoms with van der Waals surface area (Å²) in [7, 11) is 0. The van der Waals surface area contributed by atoms with Gasteiger partial charge in [-0.2, -0.15) is 0 Å². The first-order chi connectivity index (χ1) is 26.1. The van der Waals surface area contributed by atoms with Gasteiger partial charge in [0.25, 0.3) is 0 Å². The summed E-state index contributed by atoms with van der Waals surface area (Å²) in [6.07, 6.45) is 18.8. The van der Waals surface area contributed by atoms with Crippen molar-refractivity contribution in [3.05, 3.63) is 205 Å². The second kappa shape index (κ2) is 14.7. The first-order valence-electron chi connectivity index (χ1n) is 17.9. The van der Waals surface area contributed by atoms with Crippen LogP contribution in [0, 0.1) is 0 Å². The predicted octanol–water partition coefficient (Wildman–Crippen LogP) is 14.9. The highest BCUT2D eigenvalue weighted by Gasteiger charge is 2.17. The molecule has 0 saturated carbocycles. The number of nitrogens with zero attached hydrogens (tertiary/aromatic N) is 1. The Morgan fingerprint density at radius 3 is 2.17 bits per heavy atom. The Hall–Kier alpha value is -6.42. The van der Waals surface area contributed by atoms with Crippen LogP contribution in [0.25, 0.3) is 70.4 Å². The fourth-order valence-corrected chi connectivity index (χ4v) is 8.48. The van der Waals surface area contributed by atoms with Gasteiger partial charge < -0.3 is 9.32 Å². The van der Waals surface area contributed by atoms with Gasteiger partial charge in [0.15, 0.2) is 0 Å². The molecule has 0 spiro atoms. The number of allylic oxidation sites excluding steroid dienone is 9. The summed E-state index contributed by atoms with van der Waals surface area (Å²) in [5, 5.41) is 8.23. The van der Waals surface area contributed by atoms with Crippen molar-refractivity contribution in [1.29, 1.82) is 0 Å². The molecule has 6 aromatic carbocycles. The lowest BCUT2D eigenvalue weighted by molar-refractivity contribution is 0.606. The lowest BCUT2D eigenvalue weighted by atomic mass is 9.97. The lowest BCUT2D eigenvalue weighted by Crippen LogP contribution is -2.15. The highest BCUT2D eigenvalue weighted by atomic mass is 32.1. The molecule has 0 N–H and O–H groups in total. The minimum atomic E-state index is 0.756. The number of fused-ring (bicyclic) bond motifs is 7.